The Hall–Kier alpha value is -3.60. The average molecular weight is 403 g/mol. The molecule has 1 amide bonds. The standard InChI is InChI=1S/C25H25NO4/c1-17-4-14-23(18(2)16-17)26-25(28)20-8-12-22(13-9-20)30-24(27)15-7-19-5-10-21(29-3)11-6-19/h4-6,8-14,16H,7,15H2,1-3H3,(H,26,28). The molecule has 0 aliphatic rings. The lowest BCUT2D eigenvalue weighted by Crippen LogP contribution is -2.13. The van der Waals surface area contributed by atoms with Crippen LogP contribution in [0.1, 0.15) is 33.5 Å². The maximum absolute atomic E-state index is 12.5. The van der Waals surface area contributed by atoms with Gasteiger partial charge < -0.3 is 14.8 Å². The quantitative estimate of drug-likeness (QED) is 0.440. The highest BCUT2D eigenvalue weighted by Gasteiger charge is 2.10. The zero-order chi connectivity index (χ0) is 21.5. The molecule has 1 N–H and O–H groups in total. The van der Waals surface area contributed by atoms with E-state index in [1.807, 2.05) is 56.3 Å². The van der Waals surface area contributed by atoms with Crippen LogP contribution < -0.4 is 14.8 Å². The van der Waals surface area contributed by atoms with Gasteiger partial charge in [-0.1, -0.05) is 29.8 Å². The van der Waals surface area contributed by atoms with E-state index in [1.54, 1.807) is 31.4 Å². The SMILES string of the molecule is COc1ccc(CCC(=O)Oc2ccc(C(=O)Nc3ccc(C)cc3C)cc2)cc1. The molecular weight excluding hydrogens is 378 g/mol. The molecule has 0 spiro atoms. The summed E-state index contributed by atoms with van der Waals surface area (Å²) >= 11 is 0. The number of hydrogen-bond donors (Lipinski definition) is 1. The summed E-state index contributed by atoms with van der Waals surface area (Å²) in [5, 5.41) is 2.90. The Balaban J connectivity index is 1.52. The van der Waals surface area contributed by atoms with Gasteiger partial charge in [-0.15, -0.1) is 0 Å². The summed E-state index contributed by atoms with van der Waals surface area (Å²) in [4.78, 5) is 24.6. The molecule has 30 heavy (non-hydrogen) atoms. The van der Waals surface area contributed by atoms with Crippen molar-refractivity contribution in [2.24, 2.45) is 0 Å². The molecule has 3 aromatic carbocycles. The molecule has 0 saturated heterocycles. The van der Waals surface area contributed by atoms with Crippen molar-refractivity contribution in [2.45, 2.75) is 26.7 Å². The number of ether oxygens (including phenoxy) is 2. The molecule has 0 aliphatic carbocycles. The summed E-state index contributed by atoms with van der Waals surface area (Å²) < 4.78 is 10.5. The van der Waals surface area contributed by atoms with Crippen molar-refractivity contribution < 1.29 is 19.1 Å². The molecule has 0 radical (unpaired) electrons. The average Bonchev–Trinajstić information content (AvgIpc) is 2.75. The second kappa shape index (κ2) is 9.74. The number of carbonyl (C=O) groups excluding carboxylic acids is 2. The molecule has 0 bridgehead atoms. The predicted octanol–water partition coefficient (Wildman–Crippen LogP) is 5.10. The number of amides is 1. The number of hydrogen-bond acceptors (Lipinski definition) is 4. The first-order valence-corrected chi connectivity index (χ1v) is 9.77. The van der Waals surface area contributed by atoms with Gasteiger partial charge in [0.15, 0.2) is 0 Å². The molecule has 5 nitrogen and oxygen atoms in total. The Labute approximate surface area is 176 Å². The number of methoxy groups -OCH3 is 1. The molecule has 0 saturated carbocycles. The monoisotopic (exact) mass is 403 g/mol. The van der Waals surface area contributed by atoms with Crippen LogP contribution in [0.25, 0.3) is 0 Å². The fraction of sp³-hybridized carbons (Fsp3) is 0.200. The number of nitrogens with one attached hydrogen (secondary N) is 1. The van der Waals surface area contributed by atoms with Gasteiger partial charge in [-0.05, 0) is 73.9 Å². The fourth-order valence-electron chi connectivity index (χ4n) is 3.04. The van der Waals surface area contributed by atoms with E-state index in [1.165, 1.54) is 0 Å². The second-order valence-corrected chi connectivity index (χ2v) is 7.12. The third-order valence-corrected chi connectivity index (χ3v) is 4.76. The minimum absolute atomic E-state index is 0.209. The lowest BCUT2D eigenvalue weighted by Gasteiger charge is -2.10. The van der Waals surface area contributed by atoms with Gasteiger partial charge in [-0.2, -0.15) is 0 Å². The van der Waals surface area contributed by atoms with Crippen molar-refractivity contribution in [1.82, 2.24) is 0 Å². The molecule has 0 fully saturated rings. The number of rotatable bonds is 7. The van der Waals surface area contributed by atoms with Crippen LogP contribution in [-0.4, -0.2) is 19.0 Å². The van der Waals surface area contributed by atoms with Gasteiger partial charge in [0, 0.05) is 17.7 Å². The first kappa shape index (κ1) is 21.1. The Morgan fingerprint density at radius 2 is 1.53 bits per heavy atom. The molecule has 0 atom stereocenters. The molecule has 0 unspecified atom stereocenters. The molecule has 3 rings (SSSR count). The first-order valence-electron chi connectivity index (χ1n) is 9.77. The van der Waals surface area contributed by atoms with Crippen LogP contribution in [-0.2, 0) is 11.2 Å². The van der Waals surface area contributed by atoms with Gasteiger partial charge >= 0.3 is 5.97 Å². The van der Waals surface area contributed by atoms with E-state index in [0.717, 1.165) is 28.1 Å². The van der Waals surface area contributed by atoms with Crippen LogP contribution in [0.4, 0.5) is 5.69 Å². The van der Waals surface area contributed by atoms with E-state index in [0.29, 0.717) is 17.7 Å². The topological polar surface area (TPSA) is 64.6 Å². The third-order valence-electron chi connectivity index (χ3n) is 4.76. The molecule has 3 aromatic rings. The number of benzene rings is 3. The molecular formula is C25H25NO4. The van der Waals surface area contributed by atoms with Crippen molar-refractivity contribution >= 4 is 17.6 Å². The fourth-order valence-corrected chi connectivity index (χ4v) is 3.04. The largest absolute Gasteiger partial charge is 0.497 e. The zero-order valence-electron chi connectivity index (χ0n) is 17.4. The summed E-state index contributed by atoms with van der Waals surface area (Å²) in [5.41, 5.74) is 4.45. The van der Waals surface area contributed by atoms with E-state index in [2.05, 4.69) is 5.32 Å². The highest BCUT2D eigenvalue weighted by molar-refractivity contribution is 6.04. The van der Waals surface area contributed by atoms with Crippen molar-refractivity contribution in [1.29, 1.82) is 0 Å². The summed E-state index contributed by atoms with van der Waals surface area (Å²) in [6.45, 7) is 3.97. The van der Waals surface area contributed by atoms with E-state index in [9.17, 15) is 9.59 Å². The van der Waals surface area contributed by atoms with Gasteiger partial charge in [0.25, 0.3) is 5.91 Å². The number of anilines is 1. The van der Waals surface area contributed by atoms with Gasteiger partial charge in [0.2, 0.25) is 0 Å². The lowest BCUT2D eigenvalue weighted by molar-refractivity contribution is -0.134. The second-order valence-electron chi connectivity index (χ2n) is 7.12. The van der Waals surface area contributed by atoms with E-state index < -0.39 is 0 Å². The van der Waals surface area contributed by atoms with Gasteiger partial charge in [0.05, 0.1) is 7.11 Å². The van der Waals surface area contributed by atoms with Gasteiger partial charge in [-0.25, -0.2) is 0 Å². The first-order chi connectivity index (χ1) is 14.4. The normalized spacial score (nSPS) is 10.4. The lowest BCUT2D eigenvalue weighted by atomic mass is 10.1. The molecule has 0 aromatic heterocycles. The van der Waals surface area contributed by atoms with Crippen molar-refractivity contribution in [2.75, 3.05) is 12.4 Å². The number of carbonyl (C=O) groups is 2. The van der Waals surface area contributed by atoms with Crippen LogP contribution in [0.15, 0.2) is 66.7 Å². The predicted molar refractivity (Wildman–Crippen MR) is 117 cm³/mol. The van der Waals surface area contributed by atoms with E-state index in [4.69, 9.17) is 9.47 Å². The Morgan fingerprint density at radius 3 is 2.17 bits per heavy atom. The van der Waals surface area contributed by atoms with E-state index >= 15 is 0 Å². The minimum atomic E-state index is -0.321. The number of esters is 1. The Bertz CT molecular complexity index is 1020. The van der Waals surface area contributed by atoms with Gasteiger partial charge in [0.1, 0.15) is 11.5 Å². The Morgan fingerprint density at radius 1 is 0.867 bits per heavy atom. The summed E-state index contributed by atoms with van der Waals surface area (Å²) in [6.07, 6.45) is 0.848. The Kier molecular flexibility index (Phi) is 6.86. The molecule has 0 heterocycles. The van der Waals surface area contributed by atoms with Crippen molar-refractivity contribution in [3.05, 3.63) is 89.0 Å². The van der Waals surface area contributed by atoms with Crippen LogP contribution in [0.3, 0.4) is 0 Å². The van der Waals surface area contributed by atoms with E-state index in [-0.39, 0.29) is 18.3 Å². The summed E-state index contributed by atoms with van der Waals surface area (Å²) in [7, 11) is 1.62. The maximum Gasteiger partial charge on any atom is 0.311 e. The highest BCUT2D eigenvalue weighted by Crippen LogP contribution is 2.19. The van der Waals surface area contributed by atoms with Crippen LogP contribution in [0.2, 0.25) is 0 Å². The van der Waals surface area contributed by atoms with Crippen LogP contribution in [0.5, 0.6) is 11.5 Å². The minimum Gasteiger partial charge on any atom is -0.497 e. The van der Waals surface area contributed by atoms with Crippen LogP contribution >= 0.6 is 0 Å². The summed E-state index contributed by atoms with van der Waals surface area (Å²) in [6, 6.07) is 20.0. The van der Waals surface area contributed by atoms with Crippen LogP contribution in [0, 0.1) is 13.8 Å². The van der Waals surface area contributed by atoms with Crippen molar-refractivity contribution in [3.8, 4) is 11.5 Å². The maximum atomic E-state index is 12.5. The van der Waals surface area contributed by atoms with Gasteiger partial charge in [-0.3, -0.25) is 9.59 Å². The highest BCUT2D eigenvalue weighted by atomic mass is 16.5. The number of aryl methyl sites for hydroxylation is 3. The smallest absolute Gasteiger partial charge is 0.311 e. The van der Waals surface area contributed by atoms with Crippen molar-refractivity contribution in [3.63, 3.8) is 0 Å². The third kappa shape index (κ3) is 5.70. The molecule has 154 valence electrons. The summed E-state index contributed by atoms with van der Waals surface area (Å²) in [5.74, 6) is 0.665. The molecule has 0 aliphatic heterocycles. The zero-order valence-corrected chi connectivity index (χ0v) is 17.4. The molecule has 5 heteroatoms.